The molecule has 1 N–H and O–H groups in total. The lowest BCUT2D eigenvalue weighted by Gasteiger charge is -2.27. The summed E-state index contributed by atoms with van der Waals surface area (Å²) in [4.78, 5) is 0.803. The molecule has 1 saturated heterocycles. The summed E-state index contributed by atoms with van der Waals surface area (Å²) in [5.74, 6) is 0.379. The van der Waals surface area contributed by atoms with Gasteiger partial charge in [0.15, 0.2) is 0 Å². The Balaban J connectivity index is 1.98. The molecule has 2 rings (SSSR count). The van der Waals surface area contributed by atoms with Crippen LogP contribution in [0.4, 0.5) is 0 Å². The molecule has 4 heteroatoms. The summed E-state index contributed by atoms with van der Waals surface area (Å²) < 4.78 is 17.6. The number of hydrogen-bond donors (Lipinski definition) is 1. The van der Waals surface area contributed by atoms with Crippen molar-refractivity contribution in [3.05, 3.63) is 29.8 Å². The van der Waals surface area contributed by atoms with Crippen molar-refractivity contribution in [2.24, 2.45) is 0 Å². The lowest BCUT2D eigenvalue weighted by molar-refractivity contribution is -0.0612. The van der Waals surface area contributed by atoms with Gasteiger partial charge in [-0.3, -0.25) is 4.21 Å². The minimum Gasteiger partial charge on any atom is -0.390 e. The van der Waals surface area contributed by atoms with E-state index in [1.165, 1.54) is 0 Å². The maximum atomic E-state index is 12.1. The third kappa shape index (κ3) is 3.37. The quantitative estimate of drug-likeness (QED) is 0.892. The molecule has 0 saturated carbocycles. The Labute approximate surface area is 104 Å². The van der Waals surface area contributed by atoms with Crippen LogP contribution in [0.3, 0.4) is 0 Å². The Morgan fingerprint density at radius 3 is 2.76 bits per heavy atom. The van der Waals surface area contributed by atoms with E-state index < -0.39 is 16.9 Å². The van der Waals surface area contributed by atoms with Gasteiger partial charge >= 0.3 is 0 Å². The van der Waals surface area contributed by atoms with E-state index in [1.807, 2.05) is 31.2 Å². The van der Waals surface area contributed by atoms with Gasteiger partial charge in [0.2, 0.25) is 0 Å². The molecule has 0 amide bonds. The zero-order valence-corrected chi connectivity index (χ0v) is 10.8. The summed E-state index contributed by atoms with van der Waals surface area (Å²) in [5.41, 5.74) is 1.15. The fraction of sp³-hybridized carbons (Fsp3) is 0.538. The average molecular weight is 254 g/mol. The van der Waals surface area contributed by atoms with E-state index in [9.17, 15) is 9.32 Å². The maximum Gasteiger partial charge on any atom is 0.0952 e. The summed E-state index contributed by atoms with van der Waals surface area (Å²) in [6, 6.07) is 7.65. The van der Waals surface area contributed by atoms with Gasteiger partial charge in [0.05, 0.1) is 28.8 Å². The number of aliphatic hydroxyl groups is 1. The van der Waals surface area contributed by atoms with Gasteiger partial charge < -0.3 is 9.84 Å². The number of hydrogen-bond acceptors (Lipinski definition) is 3. The Kier molecular flexibility index (Phi) is 4.31. The monoisotopic (exact) mass is 254 g/mol. The van der Waals surface area contributed by atoms with Crippen molar-refractivity contribution in [2.75, 3.05) is 12.4 Å². The van der Waals surface area contributed by atoms with Gasteiger partial charge in [0.1, 0.15) is 0 Å². The van der Waals surface area contributed by atoms with Crippen LogP contribution in [0.2, 0.25) is 0 Å². The molecule has 1 aliphatic heterocycles. The van der Waals surface area contributed by atoms with Crippen molar-refractivity contribution >= 4 is 10.8 Å². The first-order valence-electron chi connectivity index (χ1n) is 5.91. The lowest BCUT2D eigenvalue weighted by Crippen LogP contribution is -2.38. The Hall–Kier alpha value is -0.710. The van der Waals surface area contributed by atoms with Gasteiger partial charge in [0.25, 0.3) is 0 Å². The van der Waals surface area contributed by atoms with Crippen LogP contribution < -0.4 is 0 Å². The van der Waals surface area contributed by atoms with E-state index in [-0.39, 0.29) is 6.10 Å². The molecule has 3 nitrogen and oxygen atoms in total. The van der Waals surface area contributed by atoms with Crippen LogP contribution in [0.1, 0.15) is 18.4 Å². The fourth-order valence-corrected chi connectivity index (χ4v) is 3.17. The number of aliphatic hydroxyl groups excluding tert-OH is 1. The zero-order chi connectivity index (χ0) is 12.3. The second-order valence-corrected chi connectivity index (χ2v) is 5.94. The Morgan fingerprint density at radius 1 is 1.41 bits per heavy atom. The molecule has 0 aromatic heterocycles. The summed E-state index contributed by atoms with van der Waals surface area (Å²) in [5, 5.41) is 9.75. The molecule has 0 bridgehead atoms. The molecule has 0 aliphatic carbocycles. The van der Waals surface area contributed by atoms with Gasteiger partial charge in [-0.1, -0.05) is 17.7 Å². The first-order chi connectivity index (χ1) is 8.16. The van der Waals surface area contributed by atoms with E-state index in [4.69, 9.17) is 4.74 Å². The first-order valence-corrected chi connectivity index (χ1v) is 7.23. The highest BCUT2D eigenvalue weighted by molar-refractivity contribution is 7.85. The molecule has 0 radical (unpaired) electrons. The van der Waals surface area contributed by atoms with Crippen molar-refractivity contribution in [3.63, 3.8) is 0 Å². The molecule has 1 aromatic rings. The molecule has 94 valence electrons. The van der Waals surface area contributed by atoms with Crippen molar-refractivity contribution in [1.82, 2.24) is 0 Å². The molecule has 0 spiro atoms. The Morgan fingerprint density at radius 2 is 2.12 bits per heavy atom. The van der Waals surface area contributed by atoms with Crippen molar-refractivity contribution in [2.45, 2.75) is 36.9 Å². The average Bonchev–Trinajstić information content (AvgIpc) is 2.33. The van der Waals surface area contributed by atoms with Gasteiger partial charge in [-0.15, -0.1) is 0 Å². The highest BCUT2D eigenvalue weighted by Crippen LogP contribution is 2.17. The molecular weight excluding hydrogens is 236 g/mol. The topological polar surface area (TPSA) is 46.5 Å². The highest BCUT2D eigenvalue weighted by atomic mass is 32.2. The minimum absolute atomic E-state index is 0.286. The van der Waals surface area contributed by atoms with Crippen LogP contribution in [-0.2, 0) is 15.5 Å². The van der Waals surface area contributed by atoms with Crippen molar-refractivity contribution in [1.29, 1.82) is 0 Å². The van der Waals surface area contributed by atoms with Crippen LogP contribution in [0, 0.1) is 6.92 Å². The molecular formula is C13H18O3S. The number of benzene rings is 1. The second kappa shape index (κ2) is 5.76. The normalized spacial score (nSPS) is 26.7. The van der Waals surface area contributed by atoms with Gasteiger partial charge in [-0.2, -0.15) is 0 Å². The van der Waals surface area contributed by atoms with Crippen LogP contribution >= 0.6 is 0 Å². The summed E-state index contributed by atoms with van der Waals surface area (Å²) in [7, 11) is -1.09. The zero-order valence-electron chi connectivity index (χ0n) is 9.96. The number of aryl methyl sites for hydroxylation is 1. The van der Waals surface area contributed by atoms with E-state index >= 15 is 0 Å². The van der Waals surface area contributed by atoms with Crippen LogP contribution in [0.5, 0.6) is 0 Å². The minimum atomic E-state index is -1.09. The molecule has 17 heavy (non-hydrogen) atoms. The van der Waals surface area contributed by atoms with Crippen LogP contribution in [0.15, 0.2) is 29.2 Å². The van der Waals surface area contributed by atoms with Gasteiger partial charge in [-0.25, -0.2) is 0 Å². The van der Waals surface area contributed by atoms with Gasteiger partial charge in [0, 0.05) is 11.5 Å². The molecule has 1 fully saturated rings. The molecule has 1 aliphatic rings. The molecule has 1 heterocycles. The lowest BCUT2D eigenvalue weighted by atomic mass is 10.1. The van der Waals surface area contributed by atoms with Gasteiger partial charge in [-0.05, 0) is 31.9 Å². The standard InChI is InChI=1S/C13H18O3S/c1-10-4-6-11(7-5-10)17(15)9-13-12(14)3-2-8-16-13/h4-7,12-14H,2-3,8-9H2,1H3/t12-,13-,17?/m1/s1. The van der Waals surface area contributed by atoms with E-state index in [1.54, 1.807) is 0 Å². The van der Waals surface area contributed by atoms with Crippen molar-refractivity contribution in [3.8, 4) is 0 Å². The van der Waals surface area contributed by atoms with E-state index in [2.05, 4.69) is 0 Å². The predicted molar refractivity (Wildman–Crippen MR) is 67.4 cm³/mol. The smallest absolute Gasteiger partial charge is 0.0952 e. The third-order valence-electron chi connectivity index (χ3n) is 3.00. The van der Waals surface area contributed by atoms with E-state index in [0.29, 0.717) is 12.4 Å². The summed E-state index contributed by atoms with van der Waals surface area (Å²) in [6.07, 6.45) is 0.869. The first kappa shape index (κ1) is 12.7. The Bertz CT molecular complexity index is 388. The molecule has 3 atom stereocenters. The number of ether oxygens (including phenoxy) is 1. The summed E-state index contributed by atoms with van der Waals surface area (Å²) in [6.45, 7) is 2.66. The third-order valence-corrected chi connectivity index (χ3v) is 4.43. The second-order valence-electron chi connectivity index (χ2n) is 4.44. The highest BCUT2D eigenvalue weighted by Gasteiger charge is 2.26. The fourth-order valence-electron chi connectivity index (χ4n) is 1.92. The predicted octanol–water partition coefficient (Wildman–Crippen LogP) is 1.64. The van der Waals surface area contributed by atoms with E-state index in [0.717, 1.165) is 23.3 Å². The SMILES string of the molecule is Cc1ccc(S(=O)C[C@H]2OCCC[C@H]2O)cc1. The van der Waals surface area contributed by atoms with Crippen LogP contribution in [-0.4, -0.2) is 33.9 Å². The van der Waals surface area contributed by atoms with Crippen LogP contribution in [0.25, 0.3) is 0 Å². The number of rotatable bonds is 3. The molecule has 1 unspecified atom stereocenters. The summed E-state index contributed by atoms with van der Waals surface area (Å²) >= 11 is 0. The maximum absolute atomic E-state index is 12.1. The molecule has 1 aromatic carbocycles. The largest absolute Gasteiger partial charge is 0.390 e. The van der Waals surface area contributed by atoms with Crippen molar-refractivity contribution < 1.29 is 14.1 Å².